The predicted molar refractivity (Wildman–Crippen MR) is 123 cm³/mol. The van der Waals surface area contributed by atoms with E-state index in [2.05, 4.69) is 5.32 Å². The molecular weight excluding hydrogens is 402 g/mol. The minimum absolute atomic E-state index is 0.0497. The Hall–Kier alpha value is -3.80. The molecule has 0 saturated carbocycles. The van der Waals surface area contributed by atoms with Crippen molar-refractivity contribution < 1.29 is 13.9 Å². The number of hydrogen-bond donors (Lipinski definition) is 1. The van der Waals surface area contributed by atoms with Crippen molar-refractivity contribution in [3.63, 3.8) is 0 Å². The highest BCUT2D eigenvalue weighted by molar-refractivity contribution is 5.76. The highest BCUT2D eigenvalue weighted by Crippen LogP contribution is 2.33. The molecule has 0 atom stereocenters. The number of aromatic nitrogens is 2. The van der Waals surface area contributed by atoms with Crippen LogP contribution in [0.2, 0.25) is 0 Å². The van der Waals surface area contributed by atoms with Gasteiger partial charge in [-0.3, -0.25) is 4.79 Å². The third-order valence-electron chi connectivity index (χ3n) is 5.42. The van der Waals surface area contributed by atoms with Gasteiger partial charge in [-0.2, -0.15) is 9.78 Å². The fourth-order valence-corrected chi connectivity index (χ4v) is 3.60. The number of hydrogen-bond acceptors (Lipinski definition) is 4. The van der Waals surface area contributed by atoms with Gasteiger partial charge in [0, 0.05) is 12.0 Å². The molecule has 0 saturated heterocycles. The van der Waals surface area contributed by atoms with Crippen LogP contribution in [0.3, 0.4) is 0 Å². The number of ether oxygens (including phenoxy) is 1. The number of furan rings is 1. The zero-order chi connectivity index (χ0) is 22.5. The lowest BCUT2D eigenvalue weighted by Crippen LogP contribution is -2.22. The van der Waals surface area contributed by atoms with Crippen molar-refractivity contribution in [3.05, 3.63) is 95.1 Å². The SMILES string of the molecule is Cc1ccccc1Oc1c(CCC(=O)NCc2ccco2)c(C)nn1-c1ccccc1C. The van der Waals surface area contributed by atoms with E-state index in [9.17, 15) is 4.79 Å². The van der Waals surface area contributed by atoms with Crippen LogP contribution in [0.1, 0.15) is 34.6 Å². The number of nitrogens with one attached hydrogen (secondary N) is 1. The molecule has 1 N–H and O–H groups in total. The smallest absolute Gasteiger partial charge is 0.226 e. The number of carbonyl (C=O) groups excluding carboxylic acids is 1. The van der Waals surface area contributed by atoms with Gasteiger partial charge in [-0.1, -0.05) is 36.4 Å². The maximum absolute atomic E-state index is 12.5. The number of nitrogens with zero attached hydrogens (tertiary/aromatic N) is 2. The van der Waals surface area contributed by atoms with E-state index in [1.165, 1.54) is 0 Å². The third-order valence-corrected chi connectivity index (χ3v) is 5.42. The van der Waals surface area contributed by atoms with Crippen molar-refractivity contribution >= 4 is 5.91 Å². The maximum atomic E-state index is 12.5. The van der Waals surface area contributed by atoms with Crippen LogP contribution in [-0.2, 0) is 17.8 Å². The molecule has 6 heteroatoms. The van der Waals surface area contributed by atoms with Crippen molar-refractivity contribution in [1.82, 2.24) is 15.1 Å². The highest BCUT2D eigenvalue weighted by atomic mass is 16.5. The minimum Gasteiger partial charge on any atom is -0.467 e. The number of amides is 1. The van der Waals surface area contributed by atoms with Gasteiger partial charge in [-0.05, 0) is 62.6 Å². The lowest BCUT2D eigenvalue weighted by atomic mass is 10.1. The van der Waals surface area contributed by atoms with Gasteiger partial charge in [-0.25, -0.2) is 0 Å². The maximum Gasteiger partial charge on any atom is 0.226 e. The van der Waals surface area contributed by atoms with E-state index in [4.69, 9.17) is 14.3 Å². The first-order valence-electron chi connectivity index (χ1n) is 10.7. The minimum atomic E-state index is -0.0497. The topological polar surface area (TPSA) is 69.3 Å². The fraction of sp³-hybridized carbons (Fsp3) is 0.231. The molecule has 4 aromatic rings. The van der Waals surface area contributed by atoms with Crippen molar-refractivity contribution in [2.45, 2.75) is 40.2 Å². The summed E-state index contributed by atoms with van der Waals surface area (Å²) in [5, 5.41) is 7.68. The zero-order valence-electron chi connectivity index (χ0n) is 18.6. The third kappa shape index (κ3) is 4.75. The van der Waals surface area contributed by atoms with Crippen molar-refractivity contribution in [2.75, 3.05) is 0 Å². The number of carbonyl (C=O) groups is 1. The van der Waals surface area contributed by atoms with Gasteiger partial charge in [0.25, 0.3) is 0 Å². The van der Waals surface area contributed by atoms with Crippen molar-refractivity contribution in [1.29, 1.82) is 0 Å². The molecular formula is C26H27N3O3. The Balaban J connectivity index is 1.61. The van der Waals surface area contributed by atoms with Crippen LogP contribution in [0.25, 0.3) is 5.69 Å². The summed E-state index contributed by atoms with van der Waals surface area (Å²) in [7, 11) is 0. The van der Waals surface area contributed by atoms with Crippen molar-refractivity contribution in [3.8, 4) is 17.3 Å². The lowest BCUT2D eigenvalue weighted by molar-refractivity contribution is -0.121. The van der Waals surface area contributed by atoms with Crippen LogP contribution < -0.4 is 10.1 Å². The normalized spacial score (nSPS) is 10.8. The van der Waals surface area contributed by atoms with E-state index in [-0.39, 0.29) is 5.91 Å². The van der Waals surface area contributed by atoms with E-state index in [0.717, 1.165) is 39.6 Å². The Morgan fingerprint density at radius 2 is 1.75 bits per heavy atom. The molecule has 1 amide bonds. The first kappa shape index (κ1) is 21.4. The molecule has 0 spiro atoms. The molecule has 0 aliphatic heterocycles. The first-order chi connectivity index (χ1) is 15.5. The van der Waals surface area contributed by atoms with Crippen molar-refractivity contribution in [2.24, 2.45) is 0 Å². The Bertz CT molecular complexity index is 1210. The quantitative estimate of drug-likeness (QED) is 0.405. The van der Waals surface area contributed by atoms with Gasteiger partial charge < -0.3 is 14.5 Å². The summed E-state index contributed by atoms with van der Waals surface area (Å²) < 4.78 is 13.5. The first-order valence-corrected chi connectivity index (χ1v) is 10.7. The molecule has 2 aromatic heterocycles. The molecule has 0 bridgehead atoms. The molecule has 0 aliphatic rings. The Morgan fingerprint density at radius 1 is 1.00 bits per heavy atom. The second-order valence-corrected chi connectivity index (χ2v) is 7.79. The predicted octanol–water partition coefficient (Wildman–Crippen LogP) is 5.43. The molecule has 0 aliphatic carbocycles. The van der Waals surface area contributed by atoms with Gasteiger partial charge in [0.2, 0.25) is 11.8 Å². The molecule has 0 radical (unpaired) electrons. The molecule has 0 unspecified atom stereocenters. The number of para-hydroxylation sites is 2. The van der Waals surface area contributed by atoms with Crippen LogP contribution >= 0.6 is 0 Å². The summed E-state index contributed by atoms with van der Waals surface area (Å²) in [6, 6.07) is 19.6. The van der Waals surface area contributed by atoms with Crippen LogP contribution in [0.4, 0.5) is 0 Å². The van der Waals surface area contributed by atoms with Gasteiger partial charge in [-0.15, -0.1) is 0 Å². The second kappa shape index (κ2) is 9.56. The summed E-state index contributed by atoms with van der Waals surface area (Å²) in [4.78, 5) is 12.5. The van der Waals surface area contributed by atoms with E-state index in [0.29, 0.717) is 25.3 Å². The highest BCUT2D eigenvalue weighted by Gasteiger charge is 2.21. The summed E-state index contributed by atoms with van der Waals surface area (Å²) in [6.07, 6.45) is 2.44. The van der Waals surface area contributed by atoms with Gasteiger partial charge in [0.15, 0.2) is 0 Å². The Morgan fingerprint density at radius 3 is 2.47 bits per heavy atom. The van der Waals surface area contributed by atoms with Crippen LogP contribution in [0, 0.1) is 20.8 Å². The van der Waals surface area contributed by atoms with E-state index in [1.807, 2.05) is 80.1 Å². The van der Waals surface area contributed by atoms with Crippen LogP contribution in [-0.4, -0.2) is 15.7 Å². The van der Waals surface area contributed by atoms with Gasteiger partial charge >= 0.3 is 0 Å². The van der Waals surface area contributed by atoms with E-state index in [1.54, 1.807) is 12.3 Å². The average molecular weight is 430 g/mol. The van der Waals surface area contributed by atoms with E-state index < -0.39 is 0 Å². The molecule has 2 heterocycles. The van der Waals surface area contributed by atoms with Crippen LogP contribution in [0.15, 0.2) is 71.3 Å². The van der Waals surface area contributed by atoms with Gasteiger partial charge in [0.05, 0.1) is 24.2 Å². The molecule has 4 rings (SSSR count). The summed E-state index contributed by atoms with van der Waals surface area (Å²) in [6.45, 7) is 6.39. The molecule has 32 heavy (non-hydrogen) atoms. The second-order valence-electron chi connectivity index (χ2n) is 7.79. The van der Waals surface area contributed by atoms with Crippen LogP contribution in [0.5, 0.6) is 11.6 Å². The van der Waals surface area contributed by atoms with Gasteiger partial charge in [0.1, 0.15) is 11.5 Å². The van der Waals surface area contributed by atoms with E-state index >= 15 is 0 Å². The molecule has 6 nitrogen and oxygen atoms in total. The fourth-order valence-electron chi connectivity index (χ4n) is 3.60. The summed E-state index contributed by atoms with van der Waals surface area (Å²) in [5.74, 6) is 2.09. The average Bonchev–Trinajstić information content (AvgIpc) is 3.41. The number of benzene rings is 2. The standard InChI is InChI=1S/C26H27N3O3/c1-18-9-4-6-12-23(18)29-26(32-24-13-7-5-10-19(24)2)22(20(3)28-29)14-15-25(30)27-17-21-11-8-16-31-21/h4-13,16H,14-15,17H2,1-3H3,(H,27,30). The lowest BCUT2D eigenvalue weighted by Gasteiger charge is -2.14. The molecule has 2 aromatic carbocycles. The molecule has 0 fully saturated rings. The monoisotopic (exact) mass is 429 g/mol. The summed E-state index contributed by atoms with van der Waals surface area (Å²) >= 11 is 0. The Kier molecular flexibility index (Phi) is 6.40. The summed E-state index contributed by atoms with van der Waals surface area (Å²) in [5.41, 5.74) is 4.84. The number of rotatable bonds is 8. The molecule has 164 valence electrons. The Labute approximate surface area is 187 Å². The largest absolute Gasteiger partial charge is 0.467 e. The number of aryl methyl sites for hydroxylation is 3. The zero-order valence-corrected chi connectivity index (χ0v) is 18.6.